The van der Waals surface area contributed by atoms with Gasteiger partial charge in [0, 0.05) is 5.56 Å². The number of halogens is 7. The standard InChI is InChI=1S/C11H7F7O/c12-9(13,10(14,15)11(16,17)18)6-8(19)7-4-2-1-3-5-7/h1-5H,6H2. The highest BCUT2D eigenvalue weighted by Gasteiger charge is 2.73. The molecule has 0 unspecified atom stereocenters. The first-order valence-electron chi connectivity index (χ1n) is 4.89. The molecule has 0 aliphatic heterocycles. The van der Waals surface area contributed by atoms with Crippen LogP contribution in [0, 0.1) is 0 Å². The third-order valence-electron chi connectivity index (χ3n) is 2.29. The highest BCUT2D eigenvalue weighted by atomic mass is 19.4. The van der Waals surface area contributed by atoms with Gasteiger partial charge in [-0.15, -0.1) is 0 Å². The number of carbonyl (C=O) groups excluding carboxylic acids is 1. The summed E-state index contributed by atoms with van der Waals surface area (Å²) in [5.41, 5.74) is -0.361. The molecule has 19 heavy (non-hydrogen) atoms. The number of hydrogen-bond acceptors (Lipinski definition) is 1. The summed E-state index contributed by atoms with van der Waals surface area (Å²) in [6.07, 6.45) is -8.64. The third-order valence-corrected chi connectivity index (χ3v) is 2.29. The molecule has 0 aliphatic rings. The van der Waals surface area contributed by atoms with E-state index in [4.69, 9.17) is 0 Å². The van der Waals surface area contributed by atoms with Crippen LogP contribution in [0.2, 0.25) is 0 Å². The van der Waals surface area contributed by atoms with Crippen molar-refractivity contribution in [2.24, 2.45) is 0 Å². The first-order valence-corrected chi connectivity index (χ1v) is 4.89. The van der Waals surface area contributed by atoms with Crippen molar-refractivity contribution in [3.63, 3.8) is 0 Å². The van der Waals surface area contributed by atoms with E-state index in [0.717, 1.165) is 12.1 Å². The van der Waals surface area contributed by atoms with Crippen LogP contribution in [0.3, 0.4) is 0 Å². The quantitative estimate of drug-likeness (QED) is 0.602. The third kappa shape index (κ3) is 3.05. The lowest BCUT2D eigenvalue weighted by molar-refractivity contribution is -0.352. The number of Topliss-reactive ketones (excluding diaryl/α,β-unsaturated/α-hetero) is 1. The smallest absolute Gasteiger partial charge is 0.294 e. The topological polar surface area (TPSA) is 17.1 Å². The number of rotatable bonds is 4. The highest BCUT2D eigenvalue weighted by molar-refractivity contribution is 5.96. The molecule has 0 saturated heterocycles. The Morgan fingerprint density at radius 2 is 1.37 bits per heavy atom. The van der Waals surface area contributed by atoms with Gasteiger partial charge in [0.05, 0.1) is 6.42 Å². The van der Waals surface area contributed by atoms with E-state index in [9.17, 15) is 35.5 Å². The number of hydrogen-bond donors (Lipinski definition) is 0. The second kappa shape index (κ2) is 4.82. The lowest BCUT2D eigenvalue weighted by Crippen LogP contribution is -2.52. The summed E-state index contributed by atoms with van der Waals surface area (Å²) in [6.45, 7) is 0. The van der Waals surface area contributed by atoms with E-state index < -0.39 is 30.2 Å². The van der Waals surface area contributed by atoms with E-state index in [2.05, 4.69) is 0 Å². The summed E-state index contributed by atoms with van der Waals surface area (Å²) < 4.78 is 86.5. The fourth-order valence-electron chi connectivity index (χ4n) is 1.25. The van der Waals surface area contributed by atoms with Gasteiger partial charge in [-0.05, 0) is 0 Å². The van der Waals surface area contributed by atoms with Crippen molar-refractivity contribution in [2.45, 2.75) is 24.4 Å². The minimum Gasteiger partial charge on any atom is -0.294 e. The Bertz CT molecular complexity index is 450. The number of carbonyl (C=O) groups is 1. The van der Waals surface area contributed by atoms with Gasteiger partial charge in [0.2, 0.25) is 0 Å². The van der Waals surface area contributed by atoms with Crippen LogP contribution in [-0.2, 0) is 0 Å². The van der Waals surface area contributed by atoms with E-state index in [-0.39, 0.29) is 5.56 Å². The van der Waals surface area contributed by atoms with E-state index in [1.165, 1.54) is 18.2 Å². The molecule has 0 N–H and O–H groups in total. The Labute approximate surface area is 103 Å². The molecule has 0 amide bonds. The number of ketones is 1. The van der Waals surface area contributed by atoms with Gasteiger partial charge in [-0.1, -0.05) is 30.3 Å². The van der Waals surface area contributed by atoms with Gasteiger partial charge >= 0.3 is 18.0 Å². The van der Waals surface area contributed by atoms with E-state index >= 15 is 0 Å². The SMILES string of the molecule is O=C(CC(F)(F)C(F)(F)C(F)(F)F)c1ccccc1. The molecule has 106 valence electrons. The average Bonchev–Trinajstić information content (AvgIpc) is 2.28. The fourth-order valence-corrected chi connectivity index (χ4v) is 1.25. The van der Waals surface area contributed by atoms with Gasteiger partial charge in [0.25, 0.3) is 0 Å². The first-order chi connectivity index (χ1) is 8.49. The van der Waals surface area contributed by atoms with Crippen LogP contribution in [-0.4, -0.2) is 23.8 Å². The lowest BCUT2D eigenvalue weighted by atomic mass is 10.0. The van der Waals surface area contributed by atoms with Crippen LogP contribution in [0.15, 0.2) is 30.3 Å². The molecule has 0 heterocycles. The zero-order chi connectivity index (χ0) is 14.9. The lowest BCUT2D eigenvalue weighted by Gasteiger charge is -2.27. The van der Waals surface area contributed by atoms with Crippen LogP contribution in [0.4, 0.5) is 30.7 Å². The molecule has 0 aromatic heterocycles. The van der Waals surface area contributed by atoms with Gasteiger partial charge < -0.3 is 0 Å². The van der Waals surface area contributed by atoms with Crippen LogP contribution in [0.25, 0.3) is 0 Å². The van der Waals surface area contributed by atoms with Gasteiger partial charge in [-0.2, -0.15) is 30.7 Å². The molecule has 0 spiro atoms. The Balaban J connectivity index is 2.95. The van der Waals surface area contributed by atoms with Gasteiger partial charge in [0.15, 0.2) is 5.78 Å². The molecular formula is C11H7F7O. The molecular weight excluding hydrogens is 281 g/mol. The van der Waals surface area contributed by atoms with Gasteiger partial charge in [-0.3, -0.25) is 4.79 Å². The minimum atomic E-state index is -6.42. The van der Waals surface area contributed by atoms with Crippen molar-refractivity contribution < 1.29 is 35.5 Å². The second-order valence-electron chi connectivity index (χ2n) is 3.74. The van der Waals surface area contributed by atoms with Gasteiger partial charge in [-0.25, -0.2) is 0 Å². The molecule has 0 radical (unpaired) electrons. The molecule has 0 saturated carbocycles. The van der Waals surface area contributed by atoms with Crippen molar-refractivity contribution in [1.29, 1.82) is 0 Å². The van der Waals surface area contributed by atoms with Crippen LogP contribution in [0.1, 0.15) is 16.8 Å². The maximum Gasteiger partial charge on any atom is 0.459 e. The Morgan fingerprint density at radius 3 is 1.79 bits per heavy atom. The van der Waals surface area contributed by atoms with Crippen LogP contribution >= 0.6 is 0 Å². The Morgan fingerprint density at radius 1 is 0.895 bits per heavy atom. The molecule has 0 bridgehead atoms. The zero-order valence-electron chi connectivity index (χ0n) is 9.15. The van der Waals surface area contributed by atoms with Gasteiger partial charge in [0.1, 0.15) is 0 Å². The number of alkyl halides is 7. The predicted molar refractivity (Wildman–Crippen MR) is 51.3 cm³/mol. The zero-order valence-corrected chi connectivity index (χ0v) is 9.15. The molecule has 1 aromatic carbocycles. The maximum atomic E-state index is 12.9. The highest BCUT2D eigenvalue weighted by Crippen LogP contribution is 2.48. The van der Waals surface area contributed by atoms with Crippen LogP contribution in [0.5, 0.6) is 0 Å². The summed E-state index contributed by atoms with van der Waals surface area (Å²) in [5.74, 6) is -13.3. The van der Waals surface area contributed by atoms with E-state index in [1.807, 2.05) is 0 Å². The van der Waals surface area contributed by atoms with E-state index in [0.29, 0.717) is 0 Å². The molecule has 8 heteroatoms. The van der Waals surface area contributed by atoms with Crippen LogP contribution < -0.4 is 0 Å². The molecule has 0 atom stereocenters. The largest absolute Gasteiger partial charge is 0.459 e. The van der Waals surface area contributed by atoms with Crippen molar-refractivity contribution in [3.05, 3.63) is 35.9 Å². The maximum absolute atomic E-state index is 12.9. The fraction of sp³-hybridized carbons (Fsp3) is 0.364. The van der Waals surface area contributed by atoms with Crippen molar-refractivity contribution in [3.8, 4) is 0 Å². The normalized spacial score (nSPS) is 13.4. The molecule has 1 nitrogen and oxygen atoms in total. The Kier molecular flexibility index (Phi) is 3.92. The summed E-state index contributed by atoms with van der Waals surface area (Å²) >= 11 is 0. The average molecular weight is 288 g/mol. The molecule has 0 fully saturated rings. The van der Waals surface area contributed by atoms with Crippen molar-refractivity contribution >= 4 is 5.78 Å². The number of benzene rings is 1. The van der Waals surface area contributed by atoms with E-state index in [1.54, 1.807) is 0 Å². The summed E-state index contributed by atoms with van der Waals surface area (Å²) in [5, 5.41) is 0. The summed E-state index contributed by atoms with van der Waals surface area (Å²) in [4.78, 5) is 11.3. The first kappa shape index (κ1) is 15.5. The van der Waals surface area contributed by atoms with Crippen molar-refractivity contribution in [1.82, 2.24) is 0 Å². The molecule has 1 aromatic rings. The minimum absolute atomic E-state index is 0.361. The summed E-state index contributed by atoms with van der Waals surface area (Å²) in [7, 11) is 0. The second-order valence-corrected chi connectivity index (χ2v) is 3.74. The molecule has 1 rings (SSSR count). The van der Waals surface area contributed by atoms with Crippen molar-refractivity contribution in [2.75, 3.05) is 0 Å². The Hall–Kier alpha value is -1.60. The predicted octanol–water partition coefficient (Wildman–Crippen LogP) is 4.09. The monoisotopic (exact) mass is 288 g/mol. The summed E-state index contributed by atoms with van der Waals surface area (Å²) in [6, 6.07) is 6.06. The molecule has 0 aliphatic carbocycles.